The maximum atomic E-state index is 13.5. The predicted molar refractivity (Wildman–Crippen MR) is 197 cm³/mol. The number of amides is 3. The Morgan fingerprint density at radius 1 is 0.896 bits per heavy atom. The van der Waals surface area contributed by atoms with Crippen molar-refractivity contribution >= 4 is 79.5 Å². The molecule has 0 radical (unpaired) electrons. The van der Waals surface area contributed by atoms with Crippen LogP contribution >= 0.6 is 39.0 Å². The van der Waals surface area contributed by atoms with Gasteiger partial charge in [-0.2, -0.15) is 0 Å². The monoisotopic (exact) mass is 745 g/mol. The third-order valence-corrected chi connectivity index (χ3v) is 10.3. The Kier molecular flexibility index (Phi) is 12.6. The molecular weight excluding hydrogens is 710 g/mol. The number of fused-ring (bicyclic) bond motifs is 1. The minimum Gasteiger partial charge on any atom is -0.462 e. The molecule has 0 fully saturated rings. The van der Waals surface area contributed by atoms with Gasteiger partial charge < -0.3 is 20.7 Å². The molecule has 1 aromatic heterocycles. The van der Waals surface area contributed by atoms with Crippen LogP contribution < -0.4 is 16.0 Å². The highest BCUT2D eigenvalue weighted by atomic mass is 79.9. The molecule has 248 valence electrons. The lowest BCUT2D eigenvalue weighted by atomic mass is 9.96. The summed E-state index contributed by atoms with van der Waals surface area (Å²) in [7, 11) is 0. The van der Waals surface area contributed by atoms with Gasteiger partial charge in [-0.3, -0.25) is 14.4 Å². The lowest BCUT2D eigenvalue weighted by Crippen LogP contribution is -2.30. The summed E-state index contributed by atoms with van der Waals surface area (Å²) in [6, 6.07) is 23.2. The summed E-state index contributed by atoms with van der Waals surface area (Å²) in [5.74, 6) is -1.44. The maximum absolute atomic E-state index is 13.5. The largest absolute Gasteiger partial charge is 0.462 e. The molecule has 0 aliphatic heterocycles. The van der Waals surface area contributed by atoms with Crippen molar-refractivity contribution in [3.05, 3.63) is 116 Å². The summed E-state index contributed by atoms with van der Waals surface area (Å²) < 4.78 is 6.26. The molecule has 0 atom stereocenters. The molecule has 11 heteroatoms. The van der Waals surface area contributed by atoms with Crippen LogP contribution in [0.2, 0.25) is 0 Å². The van der Waals surface area contributed by atoms with Gasteiger partial charge in [0, 0.05) is 25.5 Å². The van der Waals surface area contributed by atoms with Gasteiger partial charge in [-0.1, -0.05) is 65.2 Å². The molecule has 8 nitrogen and oxygen atoms in total. The molecule has 4 aromatic rings. The molecule has 1 aliphatic rings. The number of thiophene rings is 1. The molecular formula is C37H36BrN3O5S2. The van der Waals surface area contributed by atoms with E-state index in [2.05, 4.69) is 31.9 Å². The van der Waals surface area contributed by atoms with Crippen LogP contribution in [0.4, 0.5) is 10.7 Å². The highest BCUT2D eigenvalue weighted by molar-refractivity contribution is 9.10. The summed E-state index contributed by atoms with van der Waals surface area (Å²) in [6.45, 7) is 2.04. The highest BCUT2D eigenvalue weighted by Crippen LogP contribution is 2.38. The fraction of sp³-hybridized carbons (Fsp3) is 0.243. The highest BCUT2D eigenvalue weighted by Gasteiger charge is 2.26. The van der Waals surface area contributed by atoms with Crippen LogP contribution in [0.3, 0.4) is 0 Å². The smallest absolute Gasteiger partial charge is 0.341 e. The van der Waals surface area contributed by atoms with Gasteiger partial charge in [0.15, 0.2) is 0 Å². The first-order chi connectivity index (χ1) is 23.3. The topological polar surface area (TPSA) is 114 Å². The van der Waals surface area contributed by atoms with Crippen molar-refractivity contribution in [2.24, 2.45) is 0 Å². The standard InChI is InChI=1S/C37H36BrN3O5S2/c1-2-46-37(45)33-29-15-8-3-4-9-16-31(29)48-36(33)41-32(42)23-47-28-14-10-13-27(22-28)39-35(44)30(21-24-17-19-26(38)20-18-24)40-34(43)25-11-6-5-7-12-25/h5-7,10-14,17-22H,2-4,8-9,15-16,23H2,1H3,(H,39,44)(H,40,43)(H,41,42)/b30-21+. The average Bonchev–Trinajstić information content (AvgIpc) is 3.40. The molecule has 3 amide bonds. The zero-order valence-electron chi connectivity index (χ0n) is 26.5. The summed E-state index contributed by atoms with van der Waals surface area (Å²) in [6.07, 6.45) is 7.67. The number of thioether (sulfide) groups is 1. The van der Waals surface area contributed by atoms with Gasteiger partial charge >= 0.3 is 5.97 Å². The number of halogens is 1. The van der Waals surface area contributed by atoms with Gasteiger partial charge in [0.05, 0.1) is 17.9 Å². The fourth-order valence-corrected chi connectivity index (χ4v) is 7.58. The number of esters is 1. The lowest BCUT2D eigenvalue weighted by molar-refractivity contribution is -0.114. The molecule has 1 aliphatic carbocycles. The van der Waals surface area contributed by atoms with Crippen molar-refractivity contribution in [2.75, 3.05) is 23.0 Å². The van der Waals surface area contributed by atoms with E-state index in [4.69, 9.17) is 4.74 Å². The van der Waals surface area contributed by atoms with Crippen molar-refractivity contribution in [1.29, 1.82) is 0 Å². The van der Waals surface area contributed by atoms with Gasteiger partial charge in [0.1, 0.15) is 10.7 Å². The summed E-state index contributed by atoms with van der Waals surface area (Å²) in [5, 5.41) is 9.15. The molecule has 0 saturated heterocycles. The summed E-state index contributed by atoms with van der Waals surface area (Å²) in [5.41, 5.74) is 3.24. The van der Waals surface area contributed by atoms with E-state index in [9.17, 15) is 19.2 Å². The van der Waals surface area contributed by atoms with Crippen LogP contribution in [0.5, 0.6) is 0 Å². The number of carbonyl (C=O) groups is 4. The molecule has 0 bridgehead atoms. The zero-order chi connectivity index (χ0) is 33.9. The molecule has 0 saturated carbocycles. The molecule has 3 N–H and O–H groups in total. The second-order valence-electron chi connectivity index (χ2n) is 11.1. The van der Waals surface area contributed by atoms with Gasteiger partial charge in [0.2, 0.25) is 5.91 Å². The number of aryl methyl sites for hydroxylation is 1. The number of carbonyl (C=O) groups excluding carboxylic acids is 4. The molecule has 5 rings (SSSR count). The second-order valence-corrected chi connectivity index (χ2v) is 14.2. The van der Waals surface area contributed by atoms with E-state index in [1.807, 2.05) is 36.4 Å². The quantitative estimate of drug-likeness (QED) is 0.0807. The lowest BCUT2D eigenvalue weighted by Gasteiger charge is -2.12. The number of nitrogens with one attached hydrogen (secondary N) is 3. The van der Waals surface area contributed by atoms with E-state index in [0.29, 0.717) is 21.8 Å². The number of hydrogen-bond acceptors (Lipinski definition) is 7. The van der Waals surface area contributed by atoms with Crippen molar-refractivity contribution in [3.8, 4) is 0 Å². The maximum Gasteiger partial charge on any atom is 0.341 e. The van der Waals surface area contributed by atoms with Crippen molar-refractivity contribution in [2.45, 2.75) is 50.3 Å². The molecule has 0 spiro atoms. The SMILES string of the molecule is CCOC(=O)c1c(NC(=O)CSc2cccc(NC(=O)/C(=C\c3ccc(Br)cc3)NC(=O)c3ccccc3)c2)sc2c1CCCCCC2. The minimum absolute atomic E-state index is 0.0751. The fourth-order valence-electron chi connectivity index (χ4n) is 5.27. The van der Waals surface area contributed by atoms with Crippen LogP contribution in [0.1, 0.15) is 69.3 Å². The summed E-state index contributed by atoms with van der Waals surface area (Å²) in [4.78, 5) is 54.4. The number of benzene rings is 3. The second kappa shape index (κ2) is 17.3. The van der Waals surface area contributed by atoms with Crippen LogP contribution in [0, 0.1) is 0 Å². The van der Waals surface area contributed by atoms with Crippen LogP contribution in [-0.4, -0.2) is 36.1 Å². The van der Waals surface area contributed by atoms with Crippen LogP contribution in [0.25, 0.3) is 6.08 Å². The third-order valence-electron chi connectivity index (χ3n) is 7.58. The normalized spacial score (nSPS) is 13.0. The first kappa shape index (κ1) is 35.1. The van der Waals surface area contributed by atoms with E-state index in [1.165, 1.54) is 23.1 Å². The van der Waals surface area contributed by atoms with Gasteiger partial charge in [0.25, 0.3) is 11.8 Å². The number of hydrogen-bond donors (Lipinski definition) is 3. The number of anilines is 2. The number of ether oxygens (including phenoxy) is 1. The van der Waals surface area contributed by atoms with Gasteiger partial charge in [-0.15, -0.1) is 23.1 Å². The third kappa shape index (κ3) is 9.68. The van der Waals surface area contributed by atoms with Crippen molar-refractivity contribution in [1.82, 2.24) is 5.32 Å². The Morgan fingerprint density at radius 2 is 1.65 bits per heavy atom. The Bertz CT molecular complexity index is 1810. The van der Waals surface area contributed by atoms with Crippen molar-refractivity contribution in [3.63, 3.8) is 0 Å². The number of rotatable bonds is 11. The van der Waals surface area contributed by atoms with Crippen LogP contribution in [-0.2, 0) is 27.2 Å². The van der Waals surface area contributed by atoms with Gasteiger partial charge in [-0.05, 0) is 92.3 Å². The van der Waals surface area contributed by atoms with Crippen molar-refractivity contribution < 1.29 is 23.9 Å². The van der Waals surface area contributed by atoms with E-state index in [-0.39, 0.29) is 24.0 Å². The average molecular weight is 747 g/mol. The Hall–Kier alpha value is -4.19. The Balaban J connectivity index is 1.26. The molecule has 1 heterocycles. The minimum atomic E-state index is -0.498. The predicted octanol–water partition coefficient (Wildman–Crippen LogP) is 8.49. The zero-order valence-corrected chi connectivity index (χ0v) is 29.7. The molecule has 3 aromatic carbocycles. The van der Waals surface area contributed by atoms with E-state index in [1.54, 1.807) is 55.5 Å². The molecule has 48 heavy (non-hydrogen) atoms. The molecule has 0 unspecified atom stereocenters. The van der Waals surface area contributed by atoms with E-state index < -0.39 is 17.8 Å². The van der Waals surface area contributed by atoms with Crippen LogP contribution in [0.15, 0.2) is 93.9 Å². The first-order valence-corrected chi connectivity index (χ1v) is 18.4. The summed E-state index contributed by atoms with van der Waals surface area (Å²) >= 11 is 6.21. The van der Waals surface area contributed by atoms with Gasteiger partial charge in [-0.25, -0.2) is 4.79 Å². The Morgan fingerprint density at radius 3 is 2.40 bits per heavy atom. The Labute approximate surface area is 296 Å². The first-order valence-electron chi connectivity index (χ1n) is 15.8. The van der Waals surface area contributed by atoms with E-state index >= 15 is 0 Å². The van der Waals surface area contributed by atoms with E-state index in [0.717, 1.165) is 63.9 Å².